The highest BCUT2D eigenvalue weighted by Gasteiger charge is 2.41. The van der Waals surface area contributed by atoms with Crippen LogP contribution in [0.25, 0.3) is 0 Å². The number of allylic oxidation sites excluding steroid dienone is 6. The van der Waals surface area contributed by atoms with E-state index in [1.807, 2.05) is 65.0 Å². The summed E-state index contributed by atoms with van der Waals surface area (Å²) in [5.74, 6) is -1.73. The van der Waals surface area contributed by atoms with E-state index >= 15 is 0 Å². The number of esters is 1. The van der Waals surface area contributed by atoms with E-state index in [2.05, 4.69) is 26.8 Å². The van der Waals surface area contributed by atoms with E-state index in [-0.39, 0.29) is 54.3 Å². The molecule has 12 atom stereocenters. The summed E-state index contributed by atoms with van der Waals surface area (Å²) in [6, 6.07) is -0.923. The zero-order valence-electron chi connectivity index (χ0n) is 39.6. The van der Waals surface area contributed by atoms with Crippen LogP contribution < -0.4 is 0 Å². The van der Waals surface area contributed by atoms with Crippen LogP contribution in [-0.2, 0) is 42.9 Å². The van der Waals surface area contributed by atoms with Gasteiger partial charge in [0, 0.05) is 52.6 Å². The lowest BCUT2D eigenvalue weighted by molar-refractivity contribution is -0.167. The molecule has 2 aliphatic heterocycles. The monoisotopic (exact) mass is 852 g/mol. The van der Waals surface area contributed by atoms with Crippen LogP contribution in [0, 0.1) is 41.4 Å². The van der Waals surface area contributed by atoms with Gasteiger partial charge < -0.3 is 23.8 Å². The summed E-state index contributed by atoms with van der Waals surface area (Å²) < 4.78 is 23.6. The maximum Gasteiger partial charge on any atom is 0.329 e. The number of Topliss-reactive ketones (excluding diaryl/α,β-unsaturated/α-hetero) is 3. The fraction of sp³-hybridized carbons (Fsp3) is 0.745. The molecule has 3 rings (SSSR count). The van der Waals surface area contributed by atoms with Crippen molar-refractivity contribution in [3.8, 4) is 0 Å². The summed E-state index contributed by atoms with van der Waals surface area (Å²) in [5, 5.41) is 0. The number of ketones is 3. The van der Waals surface area contributed by atoms with Crippen molar-refractivity contribution in [2.24, 2.45) is 41.4 Å². The van der Waals surface area contributed by atoms with Crippen molar-refractivity contribution in [2.45, 2.75) is 176 Å². The standard InChI is InChI=1S/C51H81NO9/c1-33-19-13-12-14-21-36(4)44(58-9)25-18-22-37(5)49(60-11)48(55)50(56)52-26-16-15-24-42(52)51(57)61-45(39(7)31-41-23-17-20-34(2)29-41)32-43(53)38(6)28-35(3)30-46(59-10)47(54)40(8)27-33/h12-14,19,21,28,33-34,37-42,44-46,49H,15-18,20,22-27,29-32H2,1-11H3/b14-12+,19-13-,35-28+,36-21+/t33-,34?,37-,38?,39?,40?,41?,42?,44?,45?,46?,49?/m1/s1. The van der Waals surface area contributed by atoms with Gasteiger partial charge in [-0.1, -0.05) is 109 Å². The van der Waals surface area contributed by atoms with Gasteiger partial charge in [0.1, 0.15) is 30.1 Å². The molecule has 0 aromatic rings. The SMILES string of the molecule is COC1C/C(C)=C/C(C)C(=O)CC(C(C)CC2CCCC(C)C2)OC(=O)C2CCCCN2C(=O)C(=O)C(OC)[C@H](C)CCCC(OC)/C(C)=C/C=C/C=C\[C@@H](C)CC(C)C1=O. The van der Waals surface area contributed by atoms with Crippen molar-refractivity contribution >= 4 is 29.2 Å². The Hall–Kier alpha value is -3.21. The van der Waals surface area contributed by atoms with Crippen LogP contribution in [0.3, 0.4) is 0 Å². The van der Waals surface area contributed by atoms with Crippen LogP contribution in [0.1, 0.15) is 145 Å². The molecule has 0 radical (unpaired) electrons. The first-order valence-corrected chi connectivity index (χ1v) is 23.4. The minimum absolute atomic E-state index is 0.0342. The third-order valence-electron chi connectivity index (χ3n) is 13.6. The number of fused-ring (bicyclic) bond motifs is 1. The Balaban J connectivity index is 1.95. The topological polar surface area (TPSA) is 126 Å². The van der Waals surface area contributed by atoms with Crippen LogP contribution in [0.2, 0.25) is 0 Å². The van der Waals surface area contributed by atoms with Crippen LogP contribution in [0.15, 0.2) is 47.6 Å². The predicted octanol–water partition coefficient (Wildman–Crippen LogP) is 9.79. The smallest absolute Gasteiger partial charge is 0.329 e. The number of ether oxygens (including phenoxy) is 4. The Bertz CT molecular complexity index is 1560. The van der Waals surface area contributed by atoms with Crippen LogP contribution >= 0.6 is 0 Å². The molecule has 1 saturated carbocycles. The molecule has 10 heteroatoms. The van der Waals surface area contributed by atoms with Crippen molar-refractivity contribution in [3.63, 3.8) is 0 Å². The van der Waals surface area contributed by atoms with E-state index < -0.39 is 47.9 Å². The highest BCUT2D eigenvalue weighted by molar-refractivity contribution is 6.38. The molecule has 0 bridgehead atoms. The highest BCUT2D eigenvalue weighted by Crippen LogP contribution is 2.35. The number of hydrogen-bond donors (Lipinski definition) is 0. The summed E-state index contributed by atoms with van der Waals surface area (Å²) in [7, 11) is 4.70. The Kier molecular flexibility index (Phi) is 22.6. The van der Waals surface area contributed by atoms with Crippen molar-refractivity contribution in [3.05, 3.63) is 47.6 Å². The molecule has 3 aliphatic rings. The normalized spacial score (nSPS) is 36.7. The maximum atomic E-state index is 14.2. The number of hydrogen-bond acceptors (Lipinski definition) is 9. The van der Waals surface area contributed by atoms with Gasteiger partial charge in [-0.3, -0.25) is 19.2 Å². The number of carbonyl (C=O) groups excluding carboxylic acids is 5. The molecule has 2 fully saturated rings. The van der Waals surface area contributed by atoms with Crippen molar-refractivity contribution in [1.29, 1.82) is 0 Å². The number of piperidine rings is 1. The molecule has 1 aliphatic carbocycles. The first-order chi connectivity index (χ1) is 29.0. The zero-order valence-corrected chi connectivity index (χ0v) is 39.6. The first kappa shape index (κ1) is 52.1. The lowest BCUT2D eigenvalue weighted by atomic mass is 9.77. The molecule has 1 amide bonds. The Morgan fingerprint density at radius 3 is 2.15 bits per heavy atom. The molecule has 10 unspecified atom stereocenters. The van der Waals surface area contributed by atoms with Gasteiger partial charge in [0.15, 0.2) is 5.78 Å². The summed E-state index contributed by atoms with van der Waals surface area (Å²) in [6.45, 7) is 16.4. The number of cyclic esters (lactones) is 1. The van der Waals surface area contributed by atoms with Gasteiger partial charge >= 0.3 is 5.97 Å². The second-order valence-electron chi connectivity index (χ2n) is 19.1. The fourth-order valence-electron chi connectivity index (χ4n) is 9.89. The number of rotatable bonds is 6. The summed E-state index contributed by atoms with van der Waals surface area (Å²) >= 11 is 0. The number of methoxy groups -OCH3 is 3. The van der Waals surface area contributed by atoms with Gasteiger partial charge in [-0.25, -0.2) is 4.79 Å². The average molecular weight is 852 g/mol. The first-order valence-electron chi connectivity index (χ1n) is 23.4. The Morgan fingerprint density at radius 2 is 1.48 bits per heavy atom. The average Bonchev–Trinajstić information content (AvgIpc) is 3.22. The van der Waals surface area contributed by atoms with E-state index in [1.54, 1.807) is 14.2 Å². The van der Waals surface area contributed by atoms with Crippen molar-refractivity contribution in [2.75, 3.05) is 27.9 Å². The quantitative estimate of drug-likeness (QED) is 0.146. The number of nitrogens with zero attached hydrogens (tertiary/aromatic N) is 1. The van der Waals surface area contributed by atoms with Gasteiger partial charge in [-0.05, 0) is 100 Å². The van der Waals surface area contributed by atoms with Crippen LogP contribution in [0.4, 0.5) is 0 Å². The van der Waals surface area contributed by atoms with Crippen LogP contribution in [0.5, 0.6) is 0 Å². The van der Waals surface area contributed by atoms with Gasteiger partial charge in [0.25, 0.3) is 5.91 Å². The fourth-order valence-corrected chi connectivity index (χ4v) is 9.89. The largest absolute Gasteiger partial charge is 0.460 e. The van der Waals surface area contributed by atoms with Crippen molar-refractivity contribution < 1.29 is 42.9 Å². The molecule has 0 spiro atoms. The predicted molar refractivity (Wildman–Crippen MR) is 242 cm³/mol. The molecule has 0 aromatic heterocycles. The molecule has 1 saturated heterocycles. The summed E-state index contributed by atoms with van der Waals surface area (Å²) in [4.78, 5) is 71.2. The molecule has 61 heavy (non-hydrogen) atoms. The zero-order chi connectivity index (χ0) is 45.2. The van der Waals surface area contributed by atoms with E-state index in [0.717, 1.165) is 43.3 Å². The number of amides is 1. The Morgan fingerprint density at radius 1 is 0.770 bits per heavy atom. The van der Waals surface area contributed by atoms with Gasteiger partial charge in [-0.2, -0.15) is 0 Å². The lowest BCUT2D eigenvalue weighted by Crippen LogP contribution is -2.54. The minimum Gasteiger partial charge on any atom is -0.460 e. The van der Waals surface area contributed by atoms with E-state index in [4.69, 9.17) is 18.9 Å². The summed E-state index contributed by atoms with van der Waals surface area (Å²) in [6.07, 6.45) is 20.0. The molecular weight excluding hydrogens is 771 g/mol. The molecule has 344 valence electrons. The van der Waals surface area contributed by atoms with E-state index in [9.17, 15) is 24.0 Å². The Labute approximate surface area is 368 Å². The second-order valence-corrected chi connectivity index (χ2v) is 19.1. The summed E-state index contributed by atoms with van der Waals surface area (Å²) in [5.41, 5.74) is 1.95. The van der Waals surface area contributed by atoms with Gasteiger partial charge in [-0.15, -0.1) is 0 Å². The highest BCUT2D eigenvalue weighted by atomic mass is 16.5. The van der Waals surface area contributed by atoms with Crippen LogP contribution in [-0.4, -0.2) is 92.5 Å². The minimum atomic E-state index is -0.956. The molecular formula is C51H81NO9. The molecule has 10 nitrogen and oxygen atoms in total. The number of carbonyl (C=O) groups is 5. The molecule has 0 N–H and O–H groups in total. The molecule has 2 heterocycles. The van der Waals surface area contributed by atoms with Gasteiger partial charge in [0.05, 0.1) is 6.10 Å². The maximum absolute atomic E-state index is 14.2. The second kappa shape index (κ2) is 26.4. The molecule has 0 aromatic carbocycles. The van der Waals surface area contributed by atoms with E-state index in [0.29, 0.717) is 50.4 Å². The van der Waals surface area contributed by atoms with E-state index in [1.165, 1.54) is 24.9 Å². The van der Waals surface area contributed by atoms with Gasteiger partial charge in [0.2, 0.25) is 5.78 Å². The third kappa shape index (κ3) is 16.5. The van der Waals surface area contributed by atoms with Crippen molar-refractivity contribution in [1.82, 2.24) is 4.90 Å². The third-order valence-corrected chi connectivity index (χ3v) is 13.6. The lowest BCUT2D eigenvalue weighted by Gasteiger charge is -2.37.